The fraction of sp³-hybridized carbons (Fsp3) is 0.250. The van der Waals surface area contributed by atoms with Crippen LogP contribution in [-0.4, -0.2) is 16.6 Å². The van der Waals surface area contributed by atoms with Crippen LogP contribution < -0.4 is 4.74 Å². The van der Waals surface area contributed by atoms with Crippen LogP contribution in [0.1, 0.15) is 22.6 Å². The van der Waals surface area contributed by atoms with Crippen molar-refractivity contribution in [2.75, 3.05) is 6.61 Å². The second-order valence-electron chi connectivity index (χ2n) is 4.62. The Hall–Kier alpha value is -1.72. The number of ether oxygens (including phenoxy) is 1. The number of hydrogen-bond acceptors (Lipinski definition) is 5. The first-order valence-corrected chi connectivity index (χ1v) is 8.59. The molecule has 1 aromatic carbocycles. The molecule has 0 aliphatic heterocycles. The lowest BCUT2D eigenvalue weighted by Gasteiger charge is -2.03. The smallest absolute Gasteiger partial charge is 0.119 e. The van der Waals surface area contributed by atoms with E-state index in [0.717, 1.165) is 39.1 Å². The first kappa shape index (κ1) is 14.2. The minimum atomic E-state index is 0.688. The third-order valence-electron chi connectivity index (χ3n) is 3.01. The molecule has 0 atom stereocenters. The van der Waals surface area contributed by atoms with Crippen molar-refractivity contribution in [2.24, 2.45) is 0 Å². The highest BCUT2D eigenvalue weighted by molar-refractivity contribution is 7.10. The van der Waals surface area contributed by atoms with E-state index in [1.165, 1.54) is 0 Å². The molecule has 0 aliphatic rings. The van der Waals surface area contributed by atoms with Crippen molar-refractivity contribution in [2.45, 2.75) is 20.3 Å². The summed E-state index contributed by atoms with van der Waals surface area (Å²) in [6.45, 7) is 4.70. The molecule has 3 aromatic rings. The van der Waals surface area contributed by atoms with Gasteiger partial charge in [-0.15, -0.1) is 22.7 Å². The molecule has 0 saturated carbocycles. The molecule has 0 bridgehead atoms. The molecular formula is C16H16N2OS2. The van der Waals surface area contributed by atoms with Crippen molar-refractivity contribution in [3.63, 3.8) is 0 Å². The molecule has 0 N–H and O–H groups in total. The second kappa shape index (κ2) is 6.37. The fourth-order valence-corrected chi connectivity index (χ4v) is 3.49. The summed E-state index contributed by atoms with van der Waals surface area (Å²) in [6, 6.07) is 8.08. The van der Waals surface area contributed by atoms with Gasteiger partial charge in [0.15, 0.2) is 0 Å². The average molecular weight is 316 g/mol. The van der Waals surface area contributed by atoms with E-state index in [2.05, 4.69) is 27.9 Å². The van der Waals surface area contributed by atoms with Crippen LogP contribution in [0.25, 0.3) is 11.3 Å². The monoisotopic (exact) mass is 316 g/mol. The van der Waals surface area contributed by atoms with Crippen LogP contribution in [0.2, 0.25) is 0 Å². The molecule has 0 fully saturated rings. The summed E-state index contributed by atoms with van der Waals surface area (Å²) in [4.78, 5) is 9.19. The molecule has 0 spiro atoms. The summed E-state index contributed by atoms with van der Waals surface area (Å²) < 4.78 is 5.46. The third-order valence-corrected chi connectivity index (χ3v) is 4.68. The van der Waals surface area contributed by atoms with Crippen LogP contribution in [0, 0.1) is 6.92 Å². The van der Waals surface area contributed by atoms with Gasteiger partial charge in [0.05, 0.1) is 28.0 Å². The lowest BCUT2D eigenvalue weighted by molar-refractivity contribution is 0.340. The van der Waals surface area contributed by atoms with Gasteiger partial charge in [-0.1, -0.05) is 0 Å². The minimum Gasteiger partial charge on any atom is -0.494 e. The van der Waals surface area contributed by atoms with Gasteiger partial charge in [-0.05, 0) is 38.1 Å². The summed E-state index contributed by atoms with van der Waals surface area (Å²) in [5.41, 5.74) is 3.24. The largest absolute Gasteiger partial charge is 0.494 e. The molecule has 2 heterocycles. The molecule has 0 unspecified atom stereocenters. The van der Waals surface area contributed by atoms with Crippen LogP contribution in [-0.2, 0) is 6.42 Å². The van der Waals surface area contributed by atoms with Crippen molar-refractivity contribution in [3.8, 4) is 17.0 Å². The maximum absolute atomic E-state index is 5.46. The summed E-state index contributed by atoms with van der Waals surface area (Å²) in [7, 11) is 0. The Morgan fingerprint density at radius 2 is 1.86 bits per heavy atom. The van der Waals surface area contributed by atoms with Gasteiger partial charge in [0.2, 0.25) is 0 Å². The standard InChI is InChI=1S/C16H16N2OS2/c1-3-19-14-6-4-12(5-7-14)15-10-21-16(18-15)8-13-9-20-11(2)17-13/h4-7,9-10H,3,8H2,1-2H3. The van der Waals surface area contributed by atoms with Crippen molar-refractivity contribution < 1.29 is 4.74 Å². The molecule has 0 amide bonds. The normalized spacial score (nSPS) is 10.8. The maximum Gasteiger partial charge on any atom is 0.119 e. The molecule has 3 rings (SSSR count). The number of rotatable bonds is 5. The van der Waals surface area contributed by atoms with Crippen LogP contribution in [0.3, 0.4) is 0 Å². The van der Waals surface area contributed by atoms with Gasteiger partial charge >= 0.3 is 0 Å². The van der Waals surface area contributed by atoms with Crippen LogP contribution >= 0.6 is 22.7 Å². The zero-order valence-corrected chi connectivity index (χ0v) is 13.6. The van der Waals surface area contributed by atoms with Gasteiger partial charge in [-0.25, -0.2) is 9.97 Å². The van der Waals surface area contributed by atoms with Crippen molar-refractivity contribution in [1.82, 2.24) is 9.97 Å². The summed E-state index contributed by atoms with van der Waals surface area (Å²) in [6.07, 6.45) is 0.812. The molecule has 2 aromatic heterocycles. The summed E-state index contributed by atoms with van der Waals surface area (Å²) in [5, 5.41) is 6.41. The van der Waals surface area contributed by atoms with Gasteiger partial charge < -0.3 is 4.74 Å². The molecule has 3 nitrogen and oxygen atoms in total. The Labute approximate surface area is 132 Å². The van der Waals surface area contributed by atoms with Crippen molar-refractivity contribution in [3.05, 3.63) is 50.7 Å². The van der Waals surface area contributed by atoms with E-state index in [1.54, 1.807) is 22.7 Å². The quantitative estimate of drug-likeness (QED) is 0.692. The predicted octanol–water partition coefficient (Wildman–Crippen LogP) is 4.56. The second-order valence-corrected chi connectivity index (χ2v) is 6.62. The van der Waals surface area contributed by atoms with Gasteiger partial charge in [0, 0.05) is 22.7 Å². The number of thiazole rings is 2. The van der Waals surface area contributed by atoms with E-state index in [0.29, 0.717) is 6.61 Å². The molecule has 21 heavy (non-hydrogen) atoms. The highest BCUT2D eigenvalue weighted by Gasteiger charge is 2.07. The zero-order valence-electron chi connectivity index (χ0n) is 12.0. The molecule has 0 aliphatic carbocycles. The molecule has 0 radical (unpaired) electrons. The number of hydrogen-bond donors (Lipinski definition) is 0. The summed E-state index contributed by atoms with van der Waals surface area (Å²) in [5.74, 6) is 0.898. The first-order chi connectivity index (χ1) is 10.2. The topological polar surface area (TPSA) is 35.0 Å². The highest BCUT2D eigenvalue weighted by Crippen LogP contribution is 2.25. The van der Waals surface area contributed by atoms with E-state index < -0.39 is 0 Å². The van der Waals surface area contributed by atoms with E-state index >= 15 is 0 Å². The van der Waals surface area contributed by atoms with E-state index in [4.69, 9.17) is 9.72 Å². The van der Waals surface area contributed by atoms with Crippen molar-refractivity contribution in [1.29, 1.82) is 0 Å². The van der Waals surface area contributed by atoms with E-state index in [9.17, 15) is 0 Å². The van der Waals surface area contributed by atoms with Gasteiger partial charge in [-0.2, -0.15) is 0 Å². The van der Waals surface area contributed by atoms with Crippen LogP contribution in [0.4, 0.5) is 0 Å². The van der Waals surface area contributed by atoms with Crippen molar-refractivity contribution >= 4 is 22.7 Å². The van der Waals surface area contributed by atoms with Gasteiger partial charge in [-0.3, -0.25) is 0 Å². The SMILES string of the molecule is CCOc1ccc(-c2csc(Cc3csc(C)n3)n2)cc1. The Morgan fingerprint density at radius 3 is 2.52 bits per heavy atom. The molecule has 5 heteroatoms. The van der Waals surface area contributed by atoms with E-state index in [-0.39, 0.29) is 0 Å². The lowest BCUT2D eigenvalue weighted by atomic mass is 10.2. The lowest BCUT2D eigenvalue weighted by Crippen LogP contribution is -1.91. The first-order valence-electron chi connectivity index (χ1n) is 6.83. The summed E-state index contributed by atoms with van der Waals surface area (Å²) >= 11 is 3.37. The average Bonchev–Trinajstić information content (AvgIpc) is 3.10. The van der Waals surface area contributed by atoms with Crippen LogP contribution in [0.5, 0.6) is 5.75 Å². The molecule has 0 saturated heterocycles. The Bertz CT molecular complexity index is 716. The minimum absolute atomic E-state index is 0.688. The molecule has 108 valence electrons. The Kier molecular flexibility index (Phi) is 4.31. The Balaban J connectivity index is 1.74. The zero-order chi connectivity index (χ0) is 14.7. The highest BCUT2D eigenvalue weighted by atomic mass is 32.1. The number of aromatic nitrogens is 2. The number of aryl methyl sites for hydroxylation is 1. The third kappa shape index (κ3) is 3.49. The predicted molar refractivity (Wildman–Crippen MR) is 88.4 cm³/mol. The number of nitrogens with zero attached hydrogens (tertiary/aromatic N) is 2. The fourth-order valence-electron chi connectivity index (χ4n) is 2.06. The van der Waals surface area contributed by atoms with Gasteiger partial charge in [0.25, 0.3) is 0 Å². The molecular weight excluding hydrogens is 300 g/mol. The van der Waals surface area contributed by atoms with E-state index in [1.807, 2.05) is 26.0 Å². The maximum atomic E-state index is 5.46. The Morgan fingerprint density at radius 1 is 1.05 bits per heavy atom. The number of benzene rings is 1. The van der Waals surface area contributed by atoms with Crippen LogP contribution in [0.15, 0.2) is 35.0 Å². The van der Waals surface area contributed by atoms with Gasteiger partial charge in [0.1, 0.15) is 5.75 Å².